The zero-order chi connectivity index (χ0) is 13.9. The van der Waals surface area contributed by atoms with Crippen molar-refractivity contribution in [2.45, 2.75) is 26.5 Å². The Kier molecular flexibility index (Phi) is 6.17. The van der Waals surface area contributed by atoms with E-state index < -0.39 is 6.61 Å². The van der Waals surface area contributed by atoms with E-state index in [9.17, 15) is 8.78 Å². The Morgan fingerprint density at radius 3 is 2.80 bits per heavy atom. The molecule has 0 radical (unpaired) electrons. The first kappa shape index (κ1) is 17.1. The van der Waals surface area contributed by atoms with Crippen molar-refractivity contribution in [2.75, 3.05) is 19.6 Å². The lowest BCUT2D eigenvalue weighted by atomic mass is 9.90. The lowest BCUT2D eigenvalue weighted by molar-refractivity contribution is -0.0499. The van der Waals surface area contributed by atoms with Crippen molar-refractivity contribution in [3.63, 3.8) is 0 Å². The van der Waals surface area contributed by atoms with Gasteiger partial charge in [0.15, 0.2) is 0 Å². The van der Waals surface area contributed by atoms with E-state index in [4.69, 9.17) is 5.73 Å². The van der Waals surface area contributed by atoms with Gasteiger partial charge in [-0.2, -0.15) is 8.78 Å². The number of hydrogen-bond donors (Lipinski definition) is 1. The molecule has 1 heterocycles. The summed E-state index contributed by atoms with van der Waals surface area (Å²) in [6, 6.07) is 6.88. The molecule has 20 heavy (non-hydrogen) atoms. The molecule has 2 N–H and O–H groups in total. The minimum atomic E-state index is -2.78. The standard InChI is InChI=1S/C14H20F2N2O.ClH/c1-14(9-17)5-6-18(10-14)8-11-3-2-4-12(7-11)19-13(15)16;/h2-4,7,13H,5-6,8-10,17H2,1H3;1H. The van der Waals surface area contributed by atoms with E-state index in [-0.39, 0.29) is 23.6 Å². The fourth-order valence-electron chi connectivity index (χ4n) is 2.51. The van der Waals surface area contributed by atoms with E-state index in [1.165, 1.54) is 0 Å². The van der Waals surface area contributed by atoms with Crippen LogP contribution in [-0.2, 0) is 6.54 Å². The van der Waals surface area contributed by atoms with E-state index in [0.717, 1.165) is 31.6 Å². The minimum Gasteiger partial charge on any atom is -0.435 e. The first-order chi connectivity index (χ1) is 9.00. The van der Waals surface area contributed by atoms with Crippen LogP contribution in [-0.4, -0.2) is 31.1 Å². The molecule has 3 nitrogen and oxygen atoms in total. The van der Waals surface area contributed by atoms with Gasteiger partial charge in [0, 0.05) is 13.1 Å². The van der Waals surface area contributed by atoms with Crippen LogP contribution in [0.25, 0.3) is 0 Å². The molecule has 1 atom stereocenters. The maximum atomic E-state index is 12.2. The Labute approximate surface area is 124 Å². The van der Waals surface area contributed by atoms with Crippen molar-refractivity contribution >= 4 is 12.4 Å². The van der Waals surface area contributed by atoms with Gasteiger partial charge in [-0.1, -0.05) is 19.1 Å². The van der Waals surface area contributed by atoms with Gasteiger partial charge in [-0.3, -0.25) is 4.90 Å². The van der Waals surface area contributed by atoms with Gasteiger partial charge in [-0.15, -0.1) is 12.4 Å². The highest BCUT2D eigenvalue weighted by Gasteiger charge is 2.32. The molecule has 6 heteroatoms. The molecule has 0 aliphatic carbocycles. The van der Waals surface area contributed by atoms with Gasteiger partial charge in [0.2, 0.25) is 0 Å². The van der Waals surface area contributed by atoms with Gasteiger partial charge in [0.05, 0.1) is 0 Å². The summed E-state index contributed by atoms with van der Waals surface area (Å²) in [5.41, 5.74) is 6.94. The SMILES string of the molecule is CC1(CN)CCN(Cc2cccc(OC(F)F)c2)C1.Cl. The van der Waals surface area contributed by atoms with Gasteiger partial charge in [-0.05, 0) is 42.6 Å². The summed E-state index contributed by atoms with van der Waals surface area (Å²) in [5, 5.41) is 0. The molecule has 1 fully saturated rings. The van der Waals surface area contributed by atoms with Crippen LogP contribution in [0.3, 0.4) is 0 Å². The second-order valence-electron chi connectivity index (χ2n) is 5.50. The number of hydrogen-bond acceptors (Lipinski definition) is 3. The van der Waals surface area contributed by atoms with Crippen molar-refractivity contribution in [1.29, 1.82) is 0 Å². The largest absolute Gasteiger partial charge is 0.435 e. The average Bonchev–Trinajstić information content (AvgIpc) is 2.71. The van der Waals surface area contributed by atoms with Crippen LogP contribution in [0.15, 0.2) is 24.3 Å². The highest BCUT2D eigenvalue weighted by Crippen LogP contribution is 2.29. The summed E-state index contributed by atoms with van der Waals surface area (Å²) < 4.78 is 28.7. The topological polar surface area (TPSA) is 38.5 Å². The number of ether oxygens (including phenoxy) is 1. The van der Waals surface area contributed by atoms with Crippen molar-refractivity contribution < 1.29 is 13.5 Å². The van der Waals surface area contributed by atoms with Gasteiger partial charge in [0.25, 0.3) is 0 Å². The Morgan fingerprint density at radius 1 is 1.45 bits per heavy atom. The molecule has 1 unspecified atom stereocenters. The highest BCUT2D eigenvalue weighted by atomic mass is 35.5. The van der Waals surface area contributed by atoms with Gasteiger partial charge >= 0.3 is 6.61 Å². The monoisotopic (exact) mass is 306 g/mol. The third-order valence-electron chi connectivity index (χ3n) is 3.66. The number of rotatable bonds is 5. The minimum absolute atomic E-state index is 0. The molecule has 0 bridgehead atoms. The molecule has 0 saturated carbocycles. The van der Waals surface area contributed by atoms with Crippen LogP contribution in [0.4, 0.5) is 8.78 Å². The first-order valence-electron chi connectivity index (χ1n) is 6.47. The molecule has 0 aromatic heterocycles. The normalized spacial score (nSPS) is 22.9. The molecule has 2 rings (SSSR count). The summed E-state index contributed by atoms with van der Waals surface area (Å²) in [6.07, 6.45) is 1.08. The number of benzene rings is 1. The number of halogens is 3. The zero-order valence-corrected chi connectivity index (χ0v) is 12.3. The molecule has 0 spiro atoms. The predicted molar refractivity (Wildman–Crippen MR) is 77.4 cm³/mol. The fourth-order valence-corrected chi connectivity index (χ4v) is 2.51. The molecule has 1 saturated heterocycles. The molecule has 1 aliphatic heterocycles. The lowest BCUT2D eigenvalue weighted by Crippen LogP contribution is -2.31. The number of nitrogens with zero attached hydrogens (tertiary/aromatic N) is 1. The van der Waals surface area contributed by atoms with Crippen LogP contribution in [0, 0.1) is 5.41 Å². The highest BCUT2D eigenvalue weighted by molar-refractivity contribution is 5.85. The average molecular weight is 307 g/mol. The Bertz CT molecular complexity index is 433. The maximum absolute atomic E-state index is 12.2. The van der Waals surface area contributed by atoms with Crippen LogP contribution >= 0.6 is 12.4 Å². The lowest BCUT2D eigenvalue weighted by Gasteiger charge is -2.22. The maximum Gasteiger partial charge on any atom is 0.387 e. The summed E-state index contributed by atoms with van der Waals surface area (Å²) in [6.45, 7) is 2.77. The van der Waals surface area contributed by atoms with Crippen molar-refractivity contribution in [2.24, 2.45) is 11.1 Å². The van der Waals surface area contributed by atoms with Gasteiger partial charge in [0.1, 0.15) is 5.75 Å². The molecule has 114 valence electrons. The first-order valence-corrected chi connectivity index (χ1v) is 6.47. The van der Waals surface area contributed by atoms with Crippen LogP contribution in [0.5, 0.6) is 5.75 Å². The fraction of sp³-hybridized carbons (Fsp3) is 0.571. The van der Waals surface area contributed by atoms with E-state index in [2.05, 4.69) is 16.6 Å². The third-order valence-corrected chi connectivity index (χ3v) is 3.66. The summed E-state index contributed by atoms with van der Waals surface area (Å²) in [7, 11) is 0. The van der Waals surface area contributed by atoms with Gasteiger partial charge in [-0.25, -0.2) is 0 Å². The van der Waals surface area contributed by atoms with E-state index >= 15 is 0 Å². The molecule has 1 aromatic carbocycles. The third kappa shape index (κ3) is 4.58. The molecule has 1 aromatic rings. The van der Waals surface area contributed by atoms with Crippen LogP contribution in [0.1, 0.15) is 18.9 Å². The molecule has 1 aliphatic rings. The number of nitrogens with two attached hydrogens (primary N) is 1. The zero-order valence-electron chi connectivity index (χ0n) is 11.5. The second kappa shape index (κ2) is 7.20. The smallest absolute Gasteiger partial charge is 0.387 e. The van der Waals surface area contributed by atoms with Gasteiger partial charge < -0.3 is 10.5 Å². The summed E-state index contributed by atoms with van der Waals surface area (Å²) in [4.78, 5) is 2.30. The Morgan fingerprint density at radius 2 is 2.20 bits per heavy atom. The van der Waals surface area contributed by atoms with E-state index in [1.807, 2.05) is 6.07 Å². The van der Waals surface area contributed by atoms with Crippen LogP contribution < -0.4 is 10.5 Å². The van der Waals surface area contributed by atoms with Crippen molar-refractivity contribution in [1.82, 2.24) is 4.90 Å². The van der Waals surface area contributed by atoms with Crippen molar-refractivity contribution in [3.8, 4) is 5.75 Å². The Balaban J connectivity index is 0.00000200. The Hall–Kier alpha value is -0.910. The predicted octanol–water partition coefficient (Wildman–Crippen LogP) is 2.88. The van der Waals surface area contributed by atoms with E-state index in [0.29, 0.717) is 6.54 Å². The second-order valence-corrected chi connectivity index (χ2v) is 5.50. The quantitative estimate of drug-likeness (QED) is 0.909. The summed E-state index contributed by atoms with van der Waals surface area (Å²) >= 11 is 0. The van der Waals surface area contributed by atoms with Crippen LogP contribution in [0.2, 0.25) is 0 Å². The number of likely N-dealkylation sites (tertiary alicyclic amines) is 1. The molecule has 0 amide bonds. The van der Waals surface area contributed by atoms with Crippen molar-refractivity contribution in [3.05, 3.63) is 29.8 Å². The molecular weight excluding hydrogens is 286 g/mol. The number of alkyl halides is 2. The molecular formula is C14H21ClF2N2O. The summed E-state index contributed by atoms with van der Waals surface area (Å²) in [5.74, 6) is 0.216. The van der Waals surface area contributed by atoms with E-state index in [1.54, 1.807) is 18.2 Å².